The summed E-state index contributed by atoms with van der Waals surface area (Å²) in [6.45, 7) is 2.03. The Bertz CT molecular complexity index is 1220. The van der Waals surface area contributed by atoms with E-state index in [9.17, 15) is 9.59 Å². The third kappa shape index (κ3) is 5.29. The minimum absolute atomic E-state index is 0.0665. The van der Waals surface area contributed by atoms with Crippen LogP contribution in [0.15, 0.2) is 89.9 Å². The minimum Gasteiger partial charge on any atom is -0.497 e. The molecule has 0 bridgehead atoms. The first kappa shape index (κ1) is 22.7. The van der Waals surface area contributed by atoms with E-state index in [2.05, 4.69) is 15.3 Å². The Morgan fingerprint density at radius 1 is 1.06 bits per heavy atom. The van der Waals surface area contributed by atoms with Gasteiger partial charge in [0.25, 0.3) is 11.8 Å². The number of ether oxygens (including phenoxy) is 1. The van der Waals surface area contributed by atoms with Crippen LogP contribution in [0.4, 0.5) is 5.69 Å². The van der Waals surface area contributed by atoms with Crippen LogP contribution in [0, 0.1) is 6.92 Å². The first-order valence-electron chi connectivity index (χ1n) is 10.7. The minimum atomic E-state index is -0.956. The van der Waals surface area contributed by atoms with E-state index in [0.29, 0.717) is 22.8 Å². The Balaban J connectivity index is 1.74. The van der Waals surface area contributed by atoms with Crippen LogP contribution in [0.25, 0.3) is 0 Å². The fourth-order valence-corrected chi connectivity index (χ4v) is 3.51. The molecule has 2 aromatic carbocycles. The van der Waals surface area contributed by atoms with E-state index in [-0.39, 0.29) is 18.1 Å². The van der Waals surface area contributed by atoms with Gasteiger partial charge in [-0.05, 0) is 48.9 Å². The summed E-state index contributed by atoms with van der Waals surface area (Å²) in [5, 5.41) is 2.92. The van der Waals surface area contributed by atoms with Gasteiger partial charge in [-0.1, -0.05) is 29.8 Å². The van der Waals surface area contributed by atoms with Gasteiger partial charge in [0.2, 0.25) is 0 Å². The summed E-state index contributed by atoms with van der Waals surface area (Å²) in [6, 6.07) is 17.0. The monoisotopic (exact) mass is 456 g/mol. The molecule has 4 rings (SSSR count). The number of amides is 2. The summed E-state index contributed by atoms with van der Waals surface area (Å²) in [5.74, 6) is 0.384. The molecule has 0 saturated heterocycles. The van der Waals surface area contributed by atoms with Gasteiger partial charge in [-0.3, -0.25) is 14.6 Å². The van der Waals surface area contributed by atoms with Crippen LogP contribution in [0.5, 0.6) is 5.75 Å². The first-order chi connectivity index (χ1) is 16.5. The van der Waals surface area contributed by atoms with Crippen molar-refractivity contribution in [3.05, 3.63) is 108 Å². The summed E-state index contributed by atoms with van der Waals surface area (Å²) in [4.78, 5) is 36.8. The molecule has 0 fully saturated rings. The molecule has 34 heavy (non-hydrogen) atoms. The number of nitrogens with zero attached hydrogens (tertiary/aromatic N) is 3. The molecule has 2 aromatic heterocycles. The average Bonchev–Trinajstić information content (AvgIpc) is 3.38. The maximum atomic E-state index is 13.7. The van der Waals surface area contributed by atoms with E-state index in [1.807, 2.05) is 31.2 Å². The van der Waals surface area contributed by atoms with Crippen molar-refractivity contribution < 1.29 is 18.7 Å². The third-order valence-corrected chi connectivity index (χ3v) is 5.26. The molecule has 0 aliphatic carbocycles. The predicted molar refractivity (Wildman–Crippen MR) is 126 cm³/mol. The van der Waals surface area contributed by atoms with E-state index in [4.69, 9.17) is 9.15 Å². The molecule has 0 saturated carbocycles. The Morgan fingerprint density at radius 2 is 1.82 bits per heavy atom. The highest BCUT2D eigenvalue weighted by atomic mass is 16.5. The number of benzene rings is 2. The summed E-state index contributed by atoms with van der Waals surface area (Å²) in [5.41, 5.74) is 2.40. The van der Waals surface area contributed by atoms with Crippen molar-refractivity contribution in [1.29, 1.82) is 0 Å². The number of carbonyl (C=O) groups is 2. The van der Waals surface area contributed by atoms with Gasteiger partial charge in [-0.15, -0.1) is 0 Å². The topological polar surface area (TPSA) is 97.6 Å². The lowest BCUT2D eigenvalue weighted by atomic mass is 10.0. The van der Waals surface area contributed by atoms with E-state index in [0.717, 1.165) is 5.56 Å². The maximum Gasteiger partial charge on any atom is 0.275 e. The molecular formula is C26H24N4O4. The number of aromatic nitrogens is 2. The molecular weight excluding hydrogens is 432 g/mol. The first-order valence-corrected chi connectivity index (χ1v) is 10.7. The number of rotatable bonds is 8. The van der Waals surface area contributed by atoms with Gasteiger partial charge in [0.15, 0.2) is 0 Å². The van der Waals surface area contributed by atoms with Crippen LogP contribution >= 0.6 is 0 Å². The van der Waals surface area contributed by atoms with Crippen LogP contribution < -0.4 is 10.1 Å². The van der Waals surface area contributed by atoms with Crippen LogP contribution in [-0.4, -0.2) is 33.8 Å². The Hall–Kier alpha value is -4.46. The highest BCUT2D eigenvalue weighted by molar-refractivity contribution is 6.00. The number of carbonyl (C=O) groups excluding carboxylic acids is 2. The molecule has 1 N–H and O–H groups in total. The second-order valence-corrected chi connectivity index (χ2v) is 7.63. The number of hydrogen-bond acceptors (Lipinski definition) is 6. The second kappa shape index (κ2) is 10.4. The highest BCUT2D eigenvalue weighted by Crippen LogP contribution is 2.28. The zero-order valence-corrected chi connectivity index (χ0v) is 18.8. The maximum absolute atomic E-state index is 13.7. The lowest BCUT2D eigenvalue weighted by Gasteiger charge is -2.30. The molecule has 2 amide bonds. The van der Waals surface area contributed by atoms with Crippen molar-refractivity contribution in [3.63, 3.8) is 0 Å². The van der Waals surface area contributed by atoms with Crippen molar-refractivity contribution in [2.75, 3.05) is 12.4 Å². The van der Waals surface area contributed by atoms with Gasteiger partial charge < -0.3 is 19.4 Å². The molecule has 0 aliphatic heterocycles. The molecule has 172 valence electrons. The third-order valence-electron chi connectivity index (χ3n) is 5.26. The van der Waals surface area contributed by atoms with Crippen molar-refractivity contribution >= 4 is 17.5 Å². The quantitative estimate of drug-likeness (QED) is 0.422. The van der Waals surface area contributed by atoms with Crippen molar-refractivity contribution in [2.45, 2.75) is 19.5 Å². The van der Waals surface area contributed by atoms with Crippen molar-refractivity contribution in [1.82, 2.24) is 14.9 Å². The van der Waals surface area contributed by atoms with Gasteiger partial charge in [0, 0.05) is 18.1 Å². The zero-order chi connectivity index (χ0) is 23.9. The molecule has 0 radical (unpaired) electrons. The smallest absolute Gasteiger partial charge is 0.275 e. The Morgan fingerprint density at radius 3 is 2.44 bits per heavy atom. The zero-order valence-electron chi connectivity index (χ0n) is 18.8. The summed E-state index contributed by atoms with van der Waals surface area (Å²) in [7, 11) is 1.58. The summed E-state index contributed by atoms with van der Waals surface area (Å²) >= 11 is 0. The summed E-state index contributed by atoms with van der Waals surface area (Å²) < 4.78 is 10.7. The molecule has 8 nitrogen and oxygen atoms in total. The van der Waals surface area contributed by atoms with E-state index in [1.54, 1.807) is 43.5 Å². The standard InChI is InChI=1S/C26H24N4O4/c1-18-5-7-19(8-6-18)24(25(31)29-20-9-11-21(33-2)12-10-20)30(17-22-4-3-15-34-22)26(32)23-16-27-13-14-28-23/h3-16,24H,17H2,1-2H3,(H,29,31)/t24-/m1/s1. The number of methoxy groups -OCH3 is 1. The molecule has 0 unspecified atom stereocenters. The molecule has 1 atom stereocenters. The normalized spacial score (nSPS) is 11.5. The van der Waals surface area contributed by atoms with Gasteiger partial charge >= 0.3 is 0 Å². The molecule has 8 heteroatoms. The molecule has 0 spiro atoms. The molecule has 0 aliphatic rings. The predicted octanol–water partition coefficient (Wildman–Crippen LogP) is 4.41. The summed E-state index contributed by atoms with van der Waals surface area (Å²) in [6.07, 6.45) is 5.84. The second-order valence-electron chi connectivity index (χ2n) is 7.63. The van der Waals surface area contributed by atoms with Crippen LogP contribution in [-0.2, 0) is 11.3 Å². The van der Waals surface area contributed by atoms with Crippen LogP contribution in [0.3, 0.4) is 0 Å². The van der Waals surface area contributed by atoms with Crippen molar-refractivity contribution in [2.24, 2.45) is 0 Å². The number of anilines is 1. The van der Waals surface area contributed by atoms with E-state index < -0.39 is 11.9 Å². The van der Waals surface area contributed by atoms with Gasteiger partial charge in [-0.25, -0.2) is 4.98 Å². The number of nitrogens with one attached hydrogen (secondary N) is 1. The van der Waals surface area contributed by atoms with E-state index in [1.165, 1.54) is 29.8 Å². The average molecular weight is 457 g/mol. The number of aryl methyl sites for hydroxylation is 1. The lowest BCUT2D eigenvalue weighted by molar-refractivity contribution is -0.121. The largest absolute Gasteiger partial charge is 0.497 e. The number of furan rings is 1. The van der Waals surface area contributed by atoms with E-state index >= 15 is 0 Å². The SMILES string of the molecule is COc1ccc(NC(=O)[C@@H](c2ccc(C)cc2)N(Cc2ccco2)C(=O)c2cnccn2)cc1. The van der Waals surface area contributed by atoms with Gasteiger partial charge in [-0.2, -0.15) is 0 Å². The van der Waals surface area contributed by atoms with Crippen LogP contribution in [0.2, 0.25) is 0 Å². The van der Waals surface area contributed by atoms with Crippen molar-refractivity contribution in [3.8, 4) is 5.75 Å². The molecule has 4 aromatic rings. The fraction of sp³-hybridized carbons (Fsp3) is 0.154. The van der Waals surface area contributed by atoms with Gasteiger partial charge in [0.05, 0.1) is 26.1 Å². The number of hydrogen-bond donors (Lipinski definition) is 1. The molecule has 2 heterocycles. The Labute approximate surface area is 197 Å². The Kier molecular flexibility index (Phi) is 6.98. The van der Waals surface area contributed by atoms with Gasteiger partial charge in [0.1, 0.15) is 23.2 Å². The highest BCUT2D eigenvalue weighted by Gasteiger charge is 2.33. The fourth-order valence-electron chi connectivity index (χ4n) is 3.51. The van der Waals surface area contributed by atoms with Crippen LogP contribution in [0.1, 0.15) is 33.4 Å². The lowest BCUT2D eigenvalue weighted by Crippen LogP contribution is -2.41.